The number of anilines is 1. The lowest BCUT2D eigenvalue weighted by Crippen LogP contribution is -2.37. The normalized spacial score (nSPS) is 19.1. The molecule has 104 valence electrons. The standard InChI is InChI=1S/C16H24N2S/c1-16(2)10-8-14(9-11-16)18(3)13-6-4-12(5-7-13)15(17)19/h4-7,14H,8-11H2,1-3H3,(H2,17,19). The summed E-state index contributed by atoms with van der Waals surface area (Å²) in [6, 6.07) is 8.92. The molecule has 2 nitrogen and oxygen atoms in total. The smallest absolute Gasteiger partial charge is 0.103 e. The van der Waals surface area contributed by atoms with Gasteiger partial charge in [0.25, 0.3) is 0 Å². The lowest BCUT2D eigenvalue weighted by molar-refractivity contribution is 0.222. The number of hydrogen-bond acceptors (Lipinski definition) is 2. The highest BCUT2D eigenvalue weighted by molar-refractivity contribution is 7.80. The van der Waals surface area contributed by atoms with Crippen LogP contribution in [-0.4, -0.2) is 18.1 Å². The summed E-state index contributed by atoms with van der Waals surface area (Å²) in [4.78, 5) is 2.87. The molecule has 1 aliphatic rings. The van der Waals surface area contributed by atoms with Crippen LogP contribution in [0.4, 0.5) is 5.69 Å². The third-order valence-corrected chi connectivity index (χ3v) is 4.65. The van der Waals surface area contributed by atoms with Crippen molar-refractivity contribution in [2.45, 2.75) is 45.6 Å². The first kappa shape index (κ1) is 14.3. The Morgan fingerprint density at radius 2 is 1.74 bits per heavy atom. The van der Waals surface area contributed by atoms with Crippen molar-refractivity contribution in [3.63, 3.8) is 0 Å². The number of rotatable bonds is 3. The molecule has 19 heavy (non-hydrogen) atoms. The van der Waals surface area contributed by atoms with Crippen LogP contribution in [0.2, 0.25) is 0 Å². The van der Waals surface area contributed by atoms with Gasteiger partial charge in [0, 0.05) is 24.3 Å². The van der Waals surface area contributed by atoms with Crippen LogP contribution in [0.3, 0.4) is 0 Å². The van der Waals surface area contributed by atoms with E-state index in [0.717, 1.165) is 5.56 Å². The minimum Gasteiger partial charge on any atom is -0.389 e. The van der Waals surface area contributed by atoms with Gasteiger partial charge in [-0.2, -0.15) is 0 Å². The van der Waals surface area contributed by atoms with E-state index in [4.69, 9.17) is 18.0 Å². The van der Waals surface area contributed by atoms with E-state index >= 15 is 0 Å². The van der Waals surface area contributed by atoms with Crippen molar-refractivity contribution in [1.82, 2.24) is 0 Å². The Morgan fingerprint density at radius 1 is 1.21 bits per heavy atom. The van der Waals surface area contributed by atoms with Gasteiger partial charge in [-0.25, -0.2) is 0 Å². The fourth-order valence-electron chi connectivity index (χ4n) is 2.84. The Labute approximate surface area is 122 Å². The van der Waals surface area contributed by atoms with Crippen molar-refractivity contribution >= 4 is 22.9 Å². The highest BCUT2D eigenvalue weighted by Gasteiger charge is 2.28. The summed E-state index contributed by atoms with van der Waals surface area (Å²) < 4.78 is 0. The summed E-state index contributed by atoms with van der Waals surface area (Å²) in [5, 5.41) is 0. The minimum absolute atomic E-state index is 0.466. The zero-order chi connectivity index (χ0) is 14.0. The molecular weight excluding hydrogens is 252 g/mol. The molecule has 0 spiro atoms. The third kappa shape index (κ3) is 3.47. The summed E-state index contributed by atoms with van der Waals surface area (Å²) in [7, 11) is 2.19. The quantitative estimate of drug-likeness (QED) is 0.853. The monoisotopic (exact) mass is 276 g/mol. The Kier molecular flexibility index (Phi) is 4.14. The molecule has 0 heterocycles. The summed E-state index contributed by atoms with van der Waals surface area (Å²) in [5.41, 5.74) is 8.35. The molecule has 0 aliphatic heterocycles. The van der Waals surface area contributed by atoms with E-state index in [1.165, 1.54) is 31.4 Å². The van der Waals surface area contributed by atoms with Gasteiger partial charge in [-0.05, 0) is 55.4 Å². The van der Waals surface area contributed by atoms with Crippen molar-refractivity contribution in [3.8, 4) is 0 Å². The molecule has 0 bridgehead atoms. The predicted octanol–water partition coefficient (Wildman–Crippen LogP) is 3.73. The fourth-order valence-corrected chi connectivity index (χ4v) is 2.98. The van der Waals surface area contributed by atoms with Crippen LogP contribution in [0, 0.1) is 5.41 Å². The Balaban J connectivity index is 2.03. The van der Waals surface area contributed by atoms with Crippen LogP contribution in [0.1, 0.15) is 45.1 Å². The molecule has 0 aromatic heterocycles. The van der Waals surface area contributed by atoms with Gasteiger partial charge < -0.3 is 10.6 Å². The molecule has 1 fully saturated rings. The average molecular weight is 276 g/mol. The number of nitrogens with two attached hydrogens (primary N) is 1. The molecule has 1 aromatic rings. The van der Waals surface area contributed by atoms with Crippen molar-refractivity contribution < 1.29 is 0 Å². The highest BCUT2D eigenvalue weighted by Crippen LogP contribution is 2.37. The first-order valence-electron chi connectivity index (χ1n) is 7.02. The summed E-state index contributed by atoms with van der Waals surface area (Å²) >= 11 is 4.99. The molecule has 3 heteroatoms. The van der Waals surface area contributed by atoms with Gasteiger partial charge in [0.05, 0.1) is 0 Å². The van der Waals surface area contributed by atoms with E-state index < -0.39 is 0 Å². The Hall–Kier alpha value is -1.09. The second-order valence-electron chi connectivity index (χ2n) is 6.42. The second-order valence-corrected chi connectivity index (χ2v) is 6.86. The molecule has 0 radical (unpaired) electrons. The summed E-state index contributed by atoms with van der Waals surface area (Å²) in [5.74, 6) is 0. The lowest BCUT2D eigenvalue weighted by Gasteiger charge is -2.39. The number of nitrogens with zero attached hydrogens (tertiary/aromatic N) is 1. The number of thiocarbonyl (C=S) groups is 1. The molecule has 0 unspecified atom stereocenters. The number of benzene rings is 1. The zero-order valence-electron chi connectivity index (χ0n) is 12.1. The van der Waals surface area contributed by atoms with E-state index in [2.05, 4.69) is 37.9 Å². The SMILES string of the molecule is CN(c1ccc(C(N)=S)cc1)C1CCC(C)(C)CC1. The maximum atomic E-state index is 5.63. The topological polar surface area (TPSA) is 29.3 Å². The maximum Gasteiger partial charge on any atom is 0.103 e. The van der Waals surface area contributed by atoms with E-state index in [-0.39, 0.29) is 0 Å². The fraction of sp³-hybridized carbons (Fsp3) is 0.562. The predicted molar refractivity (Wildman–Crippen MR) is 86.8 cm³/mol. The van der Waals surface area contributed by atoms with Gasteiger partial charge in [0.2, 0.25) is 0 Å². The van der Waals surface area contributed by atoms with Crippen molar-refractivity contribution in [2.24, 2.45) is 11.1 Å². The van der Waals surface area contributed by atoms with E-state index in [0.29, 0.717) is 16.4 Å². The van der Waals surface area contributed by atoms with Crippen LogP contribution < -0.4 is 10.6 Å². The van der Waals surface area contributed by atoms with Crippen molar-refractivity contribution in [2.75, 3.05) is 11.9 Å². The van der Waals surface area contributed by atoms with Gasteiger partial charge >= 0.3 is 0 Å². The largest absolute Gasteiger partial charge is 0.389 e. The molecule has 2 N–H and O–H groups in total. The van der Waals surface area contributed by atoms with Crippen LogP contribution in [0.5, 0.6) is 0 Å². The second kappa shape index (κ2) is 5.49. The van der Waals surface area contributed by atoms with E-state index in [1.54, 1.807) is 0 Å². The highest BCUT2D eigenvalue weighted by atomic mass is 32.1. The average Bonchev–Trinajstić information content (AvgIpc) is 2.38. The molecule has 0 saturated heterocycles. The van der Waals surface area contributed by atoms with Gasteiger partial charge in [-0.1, -0.05) is 26.1 Å². The molecule has 1 saturated carbocycles. The van der Waals surface area contributed by atoms with Crippen LogP contribution in [0.15, 0.2) is 24.3 Å². The van der Waals surface area contributed by atoms with Crippen molar-refractivity contribution in [1.29, 1.82) is 0 Å². The van der Waals surface area contributed by atoms with Crippen LogP contribution in [-0.2, 0) is 0 Å². The summed E-state index contributed by atoms with van der Waals surface area (Å²) in [6.07, 6.45) is 5.18. The number of hydrogen-bond donors (Lipinski definition) is 1. The molecule has 1 aliphatic carbocycles. The van der Waals surface area contributed by atoms with Gasteiger partial charge in [0.1, 0.15) is 4.99 Å². The van der Waals surface area contributed by atoms with Crippen molar-refractivity contribution in [3.05, 3.63) is 29.8 Å². The Morgan fingerprint density at radius 3 is 2.21 bits per heavy atom. The lowest BCUT2D eigenvalue weighted by atomic mass is 9.75. The van der Waals surface area contributed by atoms with E-state index in [9.17, 15) is 0 Å². The van der Waals surface area contributed by atoms with Crippen LogP contribution >= 0.6 is 12.2 Å². The molecule has 1 aromatic carbocycles. The Bertz CT molecular complexity index is 440. The molecule has 0 amide bonds. The van der Waals surface area contributed by atoms with E-state index in [1.807, 2.05) is 12.1 Å². The molecule has 0 atom stereocenters. The first-order chi connectivity index (χ1) is 8.89. The molecular formula is C16H24N2S. The minimum atomic E-state index is 0.466. The summed E-state index contributed by atoms with van der Waals surface area (Å²) in [6.45, 7) is 4.75. The molecule has 2 rings (SSSR count). The van der Waals surface area contributed by atoms with Gasteiger partial charge in [0.15, 0.2) is 0 Å². The van der Waals surface area contributed by atoms with Gasteiger partial charge in [-0.3, -0.25) is 0 Å². The zero-order valence-corrected chi connectivity index (χ0v) is 13.0. The van der Waals surface area contributed by atoms with Gasteiger partial charge in [-0.15, -0.1) is 0 Å². The van der Waals surface area contributed by atoms with Crippen LogP contribution in [0.25, 0.3) is 0 Å². The third-order valence-electron chi connectivity index (χ3n) is 4.42. The maximum absolute atomic E-state index is 5.63. The first-order valence-corrected chi connectivity index (χ1v) is 7.43.